The zero-order valence-electron chi connectivity index (χ0n) is 20.4. The molecule has 0 saturated carbocycles. The lowest BCUT2D eigenvalue weighted by Crippen LogP contribution is -2.42. The zero-order chi connectivity index (χ0) is 25.6. The molecule has 0 bridgehead atoms. The average molecular weight is 532 g/mol. The van der Waals surface area contributed by atoms with Crippen LogP contribution in [0.4, 0.5) is 5.69 Å². The Bertz CT molecular complexity index is 1710. The highest BCUT2D eigenvalue weighted by Gasteiger charge is 2.33. The van der Waals surface area contributed by atoms with Crippen LogP contribution in [-0.2, 0) is 23.1 Å². The summed E-state index contributed by atoms with van der Waals surface area (Å²) in [4.78, 5) is 2.17. The van der Waals surface area contributed by atoms with E-state index in [1.165, 1.54) is 0 Å². The number of ether oxygens (including phenoxy) is 1. The Hall–Kier alpha value is -3.46. The van der Waals surface area contributed by atoms with Crippen molar-refractivity contribution in [3.05, 3.63) is 89.9 Å². The van der Waals surface area contributed by atoms with Crippen LogP contribution in [0.3, 0.4) is 0 Å². The van der Waals surface area contributed by atoms with Crippen molar-refractivity contribution in [3.8, 4) is 16.9 Å². The van der Waals surface area contributed by atoms with Gasteiger partial charge in [-0.05, 0) is 40.8 Å². The van der Waals surface area contributed by atoms with Gasteiger partial charge < -0.3 is 9.64 Å². The van der Waals surface area contributed by atoms with Crippen LogP contribution in [0, 0.1) is 0 Å². The van der Waals surface area contributed by atoms with E-state index in [9.17, 15) is 13.0 Å². The van der Waals surface area contributed by atoms with Crippen LogP contribution in [0.5, 0.6) is 5.75 Å². The molecular weight excluding hydrogens is 504 g/mol. The van der Waals surface area contributed by atoms with E-state index in [1.54, 1.807) is 11.3 Å². The summed E-state index contributed by atoms with van der Waals surface area (Å²) in [6.45, 7) is 0.491. The van der Waals surface area contributed by atoms with Crippen molar-refractivity contribution in [2.45, 2.75) is 25.6 Å². The van der Waals surface area contributed by atoms with E-state index in [1.807, 2.05) is 36.4 Å². The number of anilines is 1. The number of hydrogen-bond acceptors (Lipinski definition) is 5. The van der Waals surface area contributed by atoms with Gasteiger partial charge in [0.05, 0.1) is 23.2 Å². The standard InChI is InChI=1S/C29H26N2O4S2/c1-30-24-18-22(20-8-3-2-4-9-20)12-14-25(24)35-27(30)19-28-31(16-7-17-37(32,33)34)29-23-11-6-5-10-21(23)13-15-26(29)36-28/h2-6,8-15,18,27H,7,16-17,19H2,1H3/p+1. The number of aryl methyl sites for hydroxylation is 1. The third-order valence-electron chi connectivity index (χ3n) is 6.94. The van der Waals surface area contributed by atoms with Gasteiger partial charge in [-0.15, -0.1) is 0 Å². The Balaban J connectivity index is 1.35. The van der Waals surface area contributed by atoms with Crippen molar-refractivity contribution in [2.24, 2.45) is 0 Å². The van der Waals surface area contributed by atoms with Gasteiger partial charge in [0.2, 0.25) is 10.5 Å². The number of benzene rings is 4. The summed E-state index contributed by atoms with van der Waals surface area (Å²) in [5, 5.41) is 3.37. The molecular formula is C29H27N2O4S2+. The summed E-state index contributed by atoms with van der Waals surface area (Å²) in [5.74, 6) is 0.589. The molecule has 0 saturated heterocycles. The predicted molar refractivity (Wildman–Crippen MR) is 149 cm³/mol. The van der Waals surface area contributed by atoms with Crippen LogP contribution in [0.25, 0.3) is 32.1 Å². The van der Waals surface area contributed by atoms with Gasteiger partial charge in [-0.1, -0.05) is 72.0 Å². The highest BCUT2D eigenvalue weighted by molar-refractivity contribution is 7.85. The molecule has 6 nitrogen and oxygen atoms in total. The van der Waals surface area contributed by atoms with Gasteiger partial charge in [0.1, 0.15) is 10.4 Å². The number of fused-ring (bicyclic) bond motifs is 4. The topological polar surface area (TPSA) is 70.7 Å². The van der Waals surface area contributed by atoms with Gasteiger partial charge in [-0.3, -0.25) is 4.55 Å². The molecule has 1 aromatic heterocycles. The van der Waals surface area contributed by atoms with Crippen LogP contribution in [0.2, 0.25) is 0 Å². The van der Waals surface area contributed by atoms with Crippen LogP contribution in [0.15, 0.2) is 84.9 Å². The monoisotopic (exact) mass is 531 g/mol. The molecule has 0 aliphatic carbocycles. The highest BCUT2D eigenvalue weighted by Crippen LogP contribution is 2.40. The van der Waals surface area contributed by atoms with Crippen molar-refractivity contribution in [2.75, 3.05) is 17.7 Å². The maximum atomic E-state index is 11.4. The maximum Gasteiger partial charge on any atom is 0.265 e. The second-order valence-electron chi connectivity index (χ2n) is 9.36. The number of likely N-dealkylation sites (N-methyl/N-ethyl adjacent to an activating group) is 1. The molecule has 1 aliphatic rings. The molecule has 0 radical (unpaired) electrons. The second-order valence-corrected chi connectivity index (χ2v) is 12.0. The predicted octanol–water partition coefficient (Wildman–Crippen LogP) is 5.68. The average Bonchev–Trinajstić information content (AvgIpc) is 3.40. The van der Waals surface area contributed by atoms with E-state index in [0.29, 0.717) is 19.4 Å². The fourth-order valence-electron chi connectivity index (χ4n) is 5.11. The third kappa shape index (κ3) is 4.68. The van der Waals surface area contributed by atoms with Crippen molar-refractivity contribution in [1.82, 2.24) is 0 Å². The SMILES string of the molecule is CN1c2cc(-c3ccccc3)ccc2OC1Cc1sc2ccc3ccccc3c2[n+]1CCCS(=O)(=O)O. The first-order chi connectivity index (χ1) is 17.9. The summed E-state index contributed by atoms with van der Waals surface area (Å²) in [6, 6.07) is 29.1. The first-order valence-corrected chi connectivity index (χ1v) is 14.7. The van der Waals surface area contributed by atoms with E-state index < -0.39 is 10.1 Å². The molecule has 1 unspecified atom stereocenters. The number of rotatable bonds is 7. The number of nitrogens with zero attached hydrogens (tertiary/aromatic N) is 2. The van der Waals surface area contributed by atoms with Gasteiger partial charge in [-0.25, -0.2) is 0 Å². The number of hydrogen-bond donors (Lipinski definition) is 1. The zero-order valence-corrected chi connectivity index (χ0v) is 22.0. The van der Waals surface area contributed by atoms with Gasteiger partial charge in [0.25, 0.3) is 10.1 Å². The molecule has 0 spiro atoms. The van der Waals surface area contributed by atoms with E-state index in [4.69, 9.17) is 4.74 Å². The molecule has 1 atom stereocenters. The molecule has 5 aromatic rings. The smallest absolute Gasteiger partial charge is 0.265 e. The summed E-state index contributed by atoms with van der Waals surface area (Å²) in [6.07, 6.45) is 0.784. The van der Waals surface area contributed by atoms with E-state index in [-0.39, 0.29) is 12.0 Å². The fourth-order valence-corrected chi connectivity index (χ4v) is 6.83. The van der Waals surface area contributed by atoms with E-state index in [2.05, 4.69) is 65.0 Å². The van der Waals surface area contributed by atoms with Crippen molar-refractivity contribution in [3.63, 3.8) is 0 Å². The molecule has 1 N–H and O–H groups in total. The largest absolute Gasteiger partial charge is 0.468 e. The summed E-state index contributed by atoms with van der Waals surface area (Å²) in [5.41, 5.74) is 4.45. The number of thiazole rings is 1. The molecule has 188 valence electrons. The minimum absolute atomic E-state index is 0.187. The molecule has 1 aliphatic heterocycles. The summed E-state index contributed by atoms with van der Waals surface area (Å²) < 4.78 is 41.9. The van der Waals surface area contributed by atoms with E-state index >= 15 is 0 Å². The van der Waals surface area contributed by atoms with Crippen LogP contribution in [0.1, 0.15) is 11.4 Å². The van der Waals surface area contributed by atoms with Crippen molar-refractivity contribution in [1.29, 1.82) is 0 Å². The summed E-state index contributed by atoms with van der Waals surface area (Å²) >= 11 is 1.71. The van der Waals surface area contributed by atoms with Crippen LogP contribution >= 0.6 is 11.3 Å². The lowest BCUT2D eigenvalue weighted by Gasteiger charge is -2.19. The fraction of sp³-hybridized carbons (Fsp3) is 0.207. The van der Waals surface area contributed by atoms with Crippen molar-refractivity contribution < 1.29 is 22.3 Å². The normalized spacial score (nSPS) is 15.3. The lowest BCUT2D eigenvalue weighted by atomic mass is 10.0. The van der Waals surface area contributed by atoms with Gasteiger partial charge in [-0.2, -0.15) is 13.0 Å². The Morgan fingerprint density at radius 1 is 0.973 bits per heavy atom. The lowest BCUT2D eigenvalue weighted by molar-refractivity contribution is -0.673. The molecule has 0 amide bonds. The second kappa shape index (κ2) is 9.45. The number of aromatic nitrogens is 1. The van der Waals surface area contributed by atoms with Crippen molar-refractivity contribution >= 4 is 48.1 Å². The van der Waals surface area contributed by atoms with Gasteiger partial charge >= 0.3 is 0 Å². The Morgan fingerprint density at radius 3 is 2.57 bits per heavy atom. The van der Waals surface area contributed by atoms with E-state index in [0.717, 1.165) is 48.6 Å². The highest BCUT2D eigenvalue weighted by atomic mass is 32.2. The molecule has 2 heterocycles. The Morgan fingerprint density at radius 2 is 1.76 bits per heavy atom. The van der Waals surface area contributed by atoms with Crippen LogP contribution < -0.4 is 14.2 Å². The Kier molecular flexibility index (Phi) is 6.10. The first-order valence-electron chi connectivity index (χ1n) is 12.2. The third-order valence-corrected chi connectivity index (χ3v) is 8.91. The minimum atomic E-state index is -4.02. The molecule has 0 fully saturated rings. The minimum Gasteiger partial charge on any atom is -0.468 e. The van der Waals surface area contributed by atoms with Crippen LogP contribution in [-0.4, -0.2) is 32.0 Å². The molecule has 6 rings (SSSR count). The maximum absolute atomic E-state index is 11.4. The molecule has 37 heavy (non-hydrogen) atoms. The quantitative estimate of drug-likeness (QED) is 0.216. The first kappa shape index (κ1) is 23.9. The molecule has 4 aromatic carbocycles. The molecule has 8 heteroatoms. The summed E-state index contributed by atoms with van der Waals surface area (Å²) in [7, 11) is -1.97. The van der Waals surface area contributed by atoms with Gasteiger partial charge in [0.15, 0.2) is 12.8 Å². The van der Waals surface area contributed by atoms with Gasteiger partial charge in [0, 0.05) is 13.5 Å². The Labute approximate surface area is 220 Å².